The number of hydrogen-bond acceptors (Lipinski definition) is 8. The minimum atomic E-state index is -1.78. The van der Waals surface area contributed by atoms with E-state index in [1.165, 1.54) is 20.3 Å². The van der Waals surface area contributed by atoms with Crippen molar-refractivity contribution in [2.45, 2.75) is 0 Å². The van der Waals surface area contributed by atoms with E-state index in [4.69, 9.17) is 9.47 Å². The Balaban J connectivity index is 1.79. The molecule has 2 aromatic rings. The van der Waals surface area contributed by atoms with Gasteiger partial charge in [0.2, 0.25) is 5.91 Å². The second-order valence-corrected chi connectivity index (χ2v) is 7.78. The Morgan fingerprint density at radius 2 is 1.83 bits per heavy atom. The Hall–Kier alpha value is -4.00. The maximum atomic E-state index is 13.8. The molecule has 0 radical (unpaired) electrons. The van der Waals surface area contributed by atoms with Gasteiger partial charge in [-0.2, -0.15) is 0 Å². The predicted molar refractivity (Wildman–Crippen MR) is 118 cm³/mol. The van der Waals surface area contributed by atoms with Gasteiger partial charge >= 0.3 is 5.97 Å². The standard InChI is InChI=1S/C22H17F3N2O7S/c1-32-14-5-3-4-11(20(14)34-10-17(29)33-2)8-15-21(30)27(22(31)35-15)9-16(28)26-13-7-6-12(23)18(24)19(13)25/h3-8H,9-10H2,1-2H3,(H,26,28)/b15-8+. The topological polar surface area (TPSA) is 111 Å². The summed E-state index contributed by atoms with van der Waals surface area (Å²) >= 11 is 0.530. The van der Waals surface area contributed by atoms with E-state index < -0.39 is 59.3 Å². The molecule has 1 saturated heterocycles. The van der Waals surface area contributed by atoms with Crippen molar-refractivity contribution in [1.29, 1.82) is 0 Å². The molecule has 1 aliphatic heterocycles. The third kappa shape index (κ3) is 5.74. The van der Waals surface area contributed by atoms with Gasteiger partial charge < -0.3 is 19.5 Å². The molecule has 2 aromatic carbocycles. The van der Waals surface area contributed by atoms with Crippen LogP contribution < -0.4 is 14.8 Å². The zero-order chi connectivity index (χ0) is 25.7. The number of benzene rings is 2. The minimum absolute atomic E-state index is 0.0713. The number of imide groups is 1. The van der Waals surface area contributed by atoms with Crippen LogP contribution in [0.4, 0.5) is 23.7 Å². The molecule has 9 nitrogen and oxygen atoms in total. The number of nitrogens with zero attached hydrogens (tertiary/aromatic N) is 1. The molecule has 1 aliphatic rings. The monoisotopic (exact) mass is 510 g/mol. The predicted octanol–water partition coefficient (Wildman–Crippen LogP) is 3.34. The van der Waals surface area contributed by atoms with Crippen LogP contribution in [0.5, 0.6) is 11.5 Å². The van der Waals surface area contributed by atoms with Crippen molar-refractivity contribution in [3.8, 4) is 11.5 Å². The van der Waals surface area contributed by atoms with Crippen molar-refractivity contribution in [2.75, 3.05) is 32.7 Å². The number of thioether (sulfide) groups is 1. The normalized spacial score (nSPS) is 14.3. The summed E-state index contributed by atoms with van der Waals surface area (Å²) in [6.07, 6.45) is 1.31. The van der Waals surface area contributed by atoms with Gasteiger partial charge in [-0.05, 0) is 36.0 Å². The van der Waals surface area contributed by atoms with Gasteiger partial charge in [0, 0.05) is 5.56 Å². The number of amides is 3. The van der Waals surface area contributed by atoms with E-state index >= 15 is 0 Å². The van der Waals surface area contributed by atoms with E-state index in [9.17, 15) is 32.3 Å². The number of anilines is 1. The number of para-hydroxylation sites is 1. The highest BCUT2D eigenvalue weighted by Crippen LogP contribution is 2.37. The second-order valence-electron chi connectivity index (χ2n) is 6.78. The van der Waals surface area contributed by atoms with Crippen LogP contribution in [0.2, 0.25) is 0 Å². The molecule has 0 unspecified atom stereocenters. The van der Waals surface area contributed by atoms with Crippen molar-refractivity contribution in [3.05, 3.63) is 58.3 Å². The second kappa shape index (κ2) is 11.0. The summed E-state index contributed by atoms with van der Waals surface area (Å²) in [5.41, 5.74) is -0.354. The van der Waals surface area contributed by atoms with Gasteiger partial charge in [-0.1, -0.05) is 12.1 Å². The number of methoxy groups -OCH3 is 2. The van der Waals surface area contributed by atoms with E-state index in [0.29, 0.717) is 28.3 Å². The molecule has 0 aliphatic carbocycles. The van der Waals surface area contributed by atoms with Gasteiger partial charge in [0.15, 0.2) is 35.6 Å². The molecule has 1 fully saturated rings. The fraction of sp³-hybridized carbons (Fsp3) is 0.182. The smallest absolute Gasteiger partial charge is 0.343 e. The molecule has 35 heavy (non-hydrogen) atoms. The molecular formula is C22H17F3N2O7S. The number of esters is 1. The van der Waals surface area contributed by atoms with Crippen LogP contribution in [0.25, 0.3) is 6.08 Å². The summed E-state index contributed by atoms with van der Waals surface area (Å²) in [5.74, 6) is -6.99. The summed E-state index contributed by atoms with van der Waals surface area (Å²) < 4.78 is 55.4. The Labute approximate surface area is 200 Å². The first-order chi connectivity index (χ1) is 16.7. The van der Waals surface area contributed by atoms with Crippen molar-refractivity contribution in [3.63, 3.8) is 0 Å². The molecule has 1 heterocycles. The van der Waals surface area contributed by atoms with E-state index in [2.05, 4.69) is 4.74 Å². The van der Waals surface area contributed by atoms with E-state index in [-0.39, 0.29) is 16.4 Å². The van der Waals surface area contributed by atoms with Crippen LogP contribution in [0.1, 0.15) is 5.56 Å². The average molecular weight is 510 g/mol. The van der Waals surface area contributed by atoms with Crippen molar-refractivity contribution >= 4 is 46.5 Å². The van der Waals surface area contributed by atoms with Crippen LogP contribution in [0.3, 0.4) is 0 Å². The number of halogens is 3. The number of carbonyl (C=O) groups is 4. The molecule has 3 rings (SSSR count). The average Bonchev–Trinajstić information content (AvgIpc) is 3.10. The number of rotatable bonds is 8. The SMILES string of the molecule is COC(=O)COc1c(/C=C2/SC(=O)N(CC(=O)Nc3ccc(F)c(F)c3F)C2=O)cccc1OC. The molecular weight excluding hydrogens is 493 g/mol. The lowest BCUT2D eigenvalue weighted by Crippen LogP contribution is -2.36. The Kier molecular flexibility index (Phi) is 8.02. The lowest BCUT2D eigenvalue weighted by Gasteiger charge is -2.14. The number of ether oxygens (including phenoxy) is 3. The lowest BCUT2D eigenvalue weighted by molar-refractivity contribution is -0.143. The quantitative estimate of drug-likeness (QED) is 0.327. The van der Waals surface area contributed by atoms with E-state index in [1.54, 1.807) is 18.2 Å². The number of carbonyl (C=O) groups excluding carboxylic acids is 4. The molecule has 0 spiro atoms. The Bertz CT molecular complexity index is 1240. The van der Waals surface area contributed by atoms with Crippen LogP contribution in [-0.2, 0) is 19.1 Å². The highest BCUT2D eigenvalue weighted by Gasteiger charge is 2.36. The highest BCUT2D eigenvalue weighted by atomic mass is 32.2. The minimum Gasteiger partial charge on any atom is -0.493 e. The summed E-state index contributed by atoms with van der Waals surface area (Å²) in [4.78, 5) is 49.3. The molecule has 13 heteroatoms. The van der Waals surface area contributed by atoms with Crippen LogP contribution in [0.15, 0.2) is 35.2 Å². The highest BCUT2D eigenvalue weighted by molar-refractivity contribution is 8.18. The van der Waals surface area contributed by atoms with Crippen molar-refractivity contribution in [2.24, 2.45) is 0 Å². The number of hydrogen-bond donors (Lipinski definition) is 1. The Morgan fingerprint density at radius 1 is 1.09 bits per heavy atom. The molecule has 0 atom stereocenters. The first-order valence-electron chi connectivity index (χ1n) is 9.71. The lowest BCUT2D eigenvalue weighted by atomic mass is 10.1. The van der Waals surface area contributed by atoms with Crippen molar-refractivity contribution < 1.29 is 46.6 Å². The summed E-state index contributed by atoms with van der Waals surface area (Å²) in [6, 6.07) is 6.10. The summed E-state index contributed by atoms with van der Waals surface area (Å²) in [6.45, 7) is -1.25. The van der Waals surface area contributed by atoms with Gasteiger partial charge in [0.25, 0.3) is 11.1 Å². The third-order valence-corrected chi connectivity index (χ3v) is 5.47. The van der Waals surface area contributed by atoms with Gasteiger partial charge in [0.05, 0.1) is 24.8 Å². The zero-order valence-electron chi connectivity index (χ0n) is 18.2. The van der Waals surface area contributed by atoms with Gasteiger partial charge in [-0.25, -0.2) is 18.0 Å². The Morgan fingerprint density at radius 3 is 2.51 bits per heavy atom. The zero-order valence-corrected chi connectivity index (χ0v) is 19.0. The largest absolute Gasteiger partial charge is 0.493 e. The van der Waals surface area contributed by atoms with E-state index in [0.717, 1.165) is 6.07 Å². The van der Waals surface area contributed by atoms with Crippen LogP contribution in [-0.4, -0.2) is 55.3 Å². The van der Waals surface area contributed by atoms with Gasteiger partial charge in [-0.15, -0.1) is 0 Å². The molecule has 3 amide bonds. The summed E-state index contributed by atoms with van der Waals surface area (Å²) in [5, 5.41) is 1.20. The van der Waals surface area contributed by atoms with E-state index in [1.807, 2.05) is 5.32 Å². The fourth-order valence-electron chi connectivity index (χ4n) is 2.89. The van der Waals surface area contributed by atoms with Gasteiger partial charge in [0.1, 0.15) is 6.54 Å². The molecule has 184 valence electrons. The fourth-order valence-corrected chi connectivity index (χ4v) is 3.71. The van der Waals surface area contributed by atoms with Crippen LogP contribution in [0, 0.1) is 17.5 Å². The van der Waals surface area contributed by atoms with Crippen LogP contribution >= 0.6 is 11.8 Å². The third-order valence-electron chi connectivity index (χ3n) is 4.56. The molecule has 1 N–H and O–H groups in total. The van der Waals surface area contributed by atoms with Crippen molar-refractivity contribution in [1.82, 2.24) is 4.90 Å². The molecule has 0 bridgehead atoms. The maximum Gasteiger partial charge on any atom is 0.343 e. The maximum absolute atomic E-state index is 13.8. The number of nitrogens with one attached hydrogen (secondary N) is 1. The van der Waals surface area contributed by atoms with Gasteiger partial charge in [-0.3, -0.25) is 19.3 Å². The molecule has 0 aromatic heterocycles. The first-order valence-corrected chi connectivity index (χ1v) is 10.5. The first kappa shape index (κ1) is 25.6. The summed E-state index contributed by atoms with van der Waals surface area (Å²) in [7, 11) is 2.55. The molecule has 0 saturated carbocycles.